The molecule has 4 aromatic heterocycles. The maximum atomic E-state index is 14.9. The summed E-state index contributed by atoms with van der Waals surface area (Å²) in [5, 5.41) is 12.5. The molecule has 48 heavy (non-hydrogen) atoms. The van der Waals surface area contributed by atoms with Crippen molar-refractivity contribution in [3.63, 3.8) is 0 Å². The van der Waals surface area contributed by atoms with E-state index in [1.54, 1.807) is 24.8 Å². The van der Waals surface area contributed by atoms with Crippen LogP contribution in [0.2, 0.25) is 0 Å². The number of halogens is 1. The SMILES string of the molecule is O=C(Nc1cncc(C2=CCN=c3[nH]nc(-c4cc5c(-c6cc(F)cc(OCCN7CCCC7)c6)cncc5[nH]4)c3=C2)c1)C1CCCC1. The van der Waals surface area contributed by atoms with Crippen molar-refractivity contribution >= 4 is 34.1 Å². The molecule has 244 valence electrons. The van der Waals surface area contributed by atoms with Gasteiger partial charge in [0.05, 0.1) is 35.8 Å². The molecule has 0 bridgehead atoms. The number of H-pyrrole nitrogens is 2. The molecule has 1 aromatic carbocycles. The highest BCUT2D eigenvalue weighted by atomic mass is 19.1. The van der Waals surface area contributed by atoms with Crippen LogP contribution in [-0.4, -0.2) is 68.7 Å². The number of amides is 1. The van der Waals surface area contributed by atoms with Gasteiger partial charge in [0.15, 0.2) is 5.49 Å². The van der Waals surface area contributed by atoms with E-state index in [1.165, 1.54) is 25.0 Å². The van der Waals surface area contributed by atoms with Crippen LogP contribution in [0.25, 0.3) is 45.1 Å². The van der Waals surface area contributed by atoms with E-state index >= 15 is 0 Å². The average Bonchev–Trinajstić information content (AvgIpc) is 3.91. The second-order valence-electron chi connectivity index (χ2n) is 12.8. The van der Waals surface area contributed by atoms with E-state index in [9.17, 15) is 9.18 Å². The third-order valence-corrected chi connectivity index (χ3v) is 9.57. The van der Waals surface area contributed by atoms with Gasteiger partial charge in [0.2, 0.25) is 5.91 Å². The number of carbonyl (C=O) groups excluding carboxylic acids is 1. The van der Waals surface area contributed by atoms with E-state index < -0.39 is 0 Å². The van der Waals surface area contributed by atoms with Crippen molar-refractivity contribution in [1.82, 2.24) is 30.0 Å². The number of anilines is 1. The maximum absolute atomic E-state index is 14.9. The van der Waals surface area contributed by atoms with Crippen LogP contribution in [0.5, 0.6) is 5.75 Å². The van der Waals surface area contributed by atoms with E-state index in [2.05, 4.69) is 35.4 Å². The molecule has 5 aromatic rings. The summed E-state index contributed by atoms with van der Waals surface area (Å²) in [5.74, 6) is 0.273. The maximum Gasteiger partial charge on any atom is 0.227 e. The molecule has 1 saturated carbocycles. The molecule has 1 amide bonds. The summed E-state index contributed by atoms with van der Waals surface area (Å²) >= 11 is 0. The third-order valence-electron chi connectivity index (χ3n) is 9.57. The molecule has 1 saturated heterocycles. The van der Waals surface area contributed by atoms with E-state index in [0.29, 0.717) is 41.3 Å². The minimum atomic E-state index is -0.360. The summed E-state index contributed by atoms with van der Waals surface area (Å²) in [5.41, 5.74) is 6.92. The molecule has 1 aliphatic carbocycles. The smallest absolute Gasteiger partial charge is 0.227 e. The Morgan fingerprint density at radius 1 is 0.979 bits per heavy atom. The van der Waals surface area contributed by atoms with Gasteiger partial charge in [-0.05, 0) is 80.3 Å². The van der Waals surface area contributed by atoms with Crippen molar-refractivity contribution in [2.45, 2.75) is 38.5 Å². The van der Waals surface area contributed by atoms with Crippen LogP contribution in [0.3, 0.4) is 0 Å². The van der Waals surface area contributed by atoms with Gasteiger partial charge in [0, 0.05) is 52.7 Å². The molecule has 3 aliphatic rings. The van der Waals surface area contributed by atoms with E-state index in [1.807, 2.05) is 30.4 Å². The average molecular weight is 645 g/mol. The Labute approximate surface area is 276 Å². The topological polar surface area (TPSA) is 124 Å². The highest BCUT2D eigenvalue weighted by Crippen LogP contribution is 2.33. The lowest BCUT2D eigenvalue weighted by molar-refractivity contribution is -0.119. The number of likely N-dealkylation sites (tertiary alicyclic amines) is 1. The number of nitrogens with zero attached hydrogens (tertiary/aromatic N) is 5. The van der Waals surface area contributed by atoms with Crippen LogP contribution < -0.4 is 20.8 Å². The van der Waals surface area contributed by atoms with Gasteiger partial charge >= 0.3 is 0 Å². The summed E-state index contributed by atoms with van der Waals surface area (Å²) in [6.07, 6.45) is 17.6. The number of pyridine rings is 2. The van der Waals surface area contributed by atoms with Crippen LogP contribution in [-0.2, 0) is 4.79 Å². The number of nitrogens with one attached hydrogen (secondary N) is 3. The Hall–Kier alpha value is -5.16. The number of carbonyl (C=O) groups is 1. The lowest BCUT2D eigenvalue weighted by Gasteiger charge is -2.15. The summed E-state index contributed by atoms with van der Waals surface area (Å²) in [4.78, 5) is 32.2. The molecule has 0 unspecified atom stereocenters. The van der Waals surface area contributed by atoms with Crippen LogP contribution in [0.4, 0.5) is 10.1 Å². The predicted octanol–water partition coefficient (Wildman–Crippen LogP) is 5.25. The number of aromatic nitrogens is 5. The number of hydrogen-bond acceptors (Lipinski definition) is 7. The number of fused-ring (bicyclic) bond motifs is 2. The zero-order chi connectivity index (χ0) is 32.5. The molecule has 2 aliphatic heterocycles. The summed E-state index contributed by atoms with van der Waals surface area (Å²) in [6.45, 7) is 3.99. The molecule has 0 atom stereocenters. The Bertz CT molecular complexity index is 2140. The molecular weight excluding hydrogens is 607 g/mol. The number of benzene rings is 1. The van der Waals surface area contributed by atoms with Crippen LogP contribution in [0.15, 0.2) is 66.2 Å². The number of hydrogen-bond donors (Lipinski definition) is 3. The molecular formula is C37H37FN8O2. The third kappa shape index (κ3) is 6.25. The molecule has 3 N–H and O–H groups in total. The molecule has 11 heteroatoms. The summed E-state index contributed by atoms with van der Waals surface area (Å²) in [6, 6.07) is 8.79. The minimum Gasteiger partial charge on any atom is -0.492 e. The molecule has 10 nitrogen and oxygen atoms in total. The molecule has 6 heterocycles. The highest BCUT2D eigenvalue weighted by molar-refractivity contribution is 5.98. The van der Waals surface area contributed by atoms with E-state index in [4.69, 9.17) is 9.73 Å². The normalized spacial score (nSPS) is 16.6. The number of allylic oxidation sites excluding steroid dienone is 1. The van der Waals surface area contributed by atoms with Crippen LogP contribution in [0.1, 0.15) is 44.1 Å². The Morgan fingerprint density at radius 3 is 2.71 bits per heavy atom. The molecule has 8 rings (SSSR count). The van der Waals surface area contributed by atoms with E-state index in [-0.39, 0.29) is 17.6 Å². The fraction of sp³-hybridized carbons (Fsp3) is 0.324. The molecule has 0 spiro atoms. The van der Waals surface area contributed by atoms with Crippen molar-refractivity contribution in [2.24, 2.45) is 10.9 Å². The Kier molecular flexibility index (Phi) is 8.27. The Morgan fingerprint density at radius 2 is 1.83 bits per heavy atom. The van der Waals surface area contributed by atoms with Crippen LogP contribution >= 0.6 is 0 Å². The standard InChI is InChI=1S/C37H37FN8O2/c38-27-13-25(15-29(17-27)48-12-11-46-9-3-4-10-46)32-21-40-22-34-30(32)18-33(43-34)35-31-16-24(7-8-41-36(31)45-44-35)26-14-28(20-39-19-26)42-37(47)23-5-1-2-6-23/h7,13-23,43H,1-6,8-12H2,(H,41,45)(H,42,47). The zero-order valence-electron chi connectivity index (χ0n) is 26.6. The van der Waals surface area contributed by atoms with Gasteiger partial charge in [-0.3, -0.25) is 29.8 Å². The first-order chi connectivity index (χ1) is 23.6. The molecule has 0 radical (unpaired) electrons. The molecule has 2 fully saturated rings. The summed E-state index contributed by atoms with van der Waals surface area (Å²) in [7, 11) is 0. The first kappa shape index (κ1) is 30.2. The first-order valence-corrected chi connectivity index (χ1v) is 16.8. The van der Waals surface area contributed by atoms with Gasteiger partial charge in [0.1, 0.15) is 23.9 Å². The predicted molar refractivity (Wildman–Crippen MR) is 183 cm³/mol. The van der Waals surface area contributed by atoms with Gasteiger partial charge in [-0.2, -0.15) is 5.10 Å². The Balaban J connectivity index is 1.09. The van der Waals surface area contributed by atoms with E-state index in [0.717, 1.165) is 83.8 Å². The van der Waals surface area contributed by atoms with Gasteiger partial charge < -0.3 is 15.0 Å². The van der Waals surface area contributed by atoms with Gasteiger partial charge in [-0.25, -0.2) is 4.39 Å². The fourth-order valence-electron chi connectivity index (χ4n) is 7.06. The van der Waals surface area contributed by atoms with Crippen molar-refractivity contribution in [1.29, 1.82) is 0 Å². The lowest BCUT2D eigenvalue weighted by Crippen LogP contribution is -2.25. The van der Waals surface area contributed by atoms with Crippen molar-refractivity contribution in [3.8, 4) is 28.3 Å². The quantitative estimate of drug-likeness (QED) is 0.201. The number of rotatable bonds is 9. The van der Waals surface area contributed by atoms with Crippen LogP contribution in [0, 0.1) is 11.7 Å². The monoisotopic (exact) mass is 644 g/mol. The first-order valence-electron chi connectivity index (χ1n) is 16.8. The van der Waals surface area contributed by atoms with Crippen molar-refractivity contribution < 1.29 is 13.9 Å². The second kappa shape index (κ2) is 13.2. The number of ether oxygens (including phenoxy) is 1. The van der Waals surface area contributed by atoms with Gasteiger partial charge in [-0.1, -0.05) is 18.9 Å². The fourth-order valence-corrected chi connectivity index (χ4v) is 7.06. The number of aromatic amines is 2. The van der Waals surface area contributed by atoms with Crippen molar-refractivity contribution in [3.05, 3.63) is 83.3 Å². The van der Waals surface area contributed by atoms with Crippen molar-refractivity contribution in [2.75, 3.05) is 38.1 Å². The minimum absolute atomic E-state index is 0.0619. The zero-order valence-corrected chi connectivity index (χ0v) is 26.6. The van der Waals surface area contributed by atoms with Gasteiger partial charge in [-0.15, -0.1) is 0 Å². The van der Waals surface area contributed by atoms with Gasteiger partial charge in [0.25, 0.3) is 0 Å². The summed E-state index contributed by atoms with van der Waals surface area (Å²) < 4.78 is 20.8. The second-order valence-corrected chi connectivity index (χ2v) is 12.8. The highest BCUT2D eigenvalue weighted by Gasteiger charge is 2.23. The lowest BCUT2D eigenvalue weighted by atomic mass is 10.0. The largest absolute Gasteiger partial charge is 0.492 e.